The van der Waals surface area contributed by atoms with Crippen molar-refractivity contribution < 1.29 is 19.0 Å². The molecule has 1 aliphatic rings. The van der Waals surface area contributed by atoms with Crippen molar-refractivity contribution in [1.29, 1.82) is 0 Å². The average Bonchev–Trinajstić information content (AvgIpc) is 2.60. The smallest absolute Gasteiger partial charge is 0.410 e. The van der Waals surface area contributed by atoms with Crippen molar-refractivity contribution in [3.05, 3.63) is 23.6 Å². The molecule has 0 N–H and O–H groups in total. The van der Waals surface area contributed by atoms with Crippen molar-refractivity contribution in [3.8, 4) is 5.88 Å². The number of halogens is 1. The number of amides is 1. The first-order chi connectivity index (χ1) is 12.7. The summed E-state index contributed by atoms with van der Waals surface area (Å²) in [5, 5.41) is 0.269. The molecule has 3 heterocycles. The Kier molecular flexibility index (Phi) is 5.67. The zero-order valence-electron chi connectivity index (χ0n) is 15.8. The maximum atomic E-state index is 12.3. The van der Waals surface area contributed by atoms with E-state index in [0.29, 0.717) is 30.7 Å². The molecule has 0 saturated carbocycles. The van der Waals surface area contributed by atoms with Crippen LogP contribution in [0.3, 0.4) is 0 Å². The predicted molar refractivity (Wildman–Crippen MR) is 100.0 cm³/mol. The van der Waals surface area contributed by atoms with Crippen LogP contribution < -0.4 is 4.74 Å². The second-order valence-electron chi connectivity index (χ2n) is 7.33. The summed E-state index contributed by atoms with van der Waals surface area (Å²) < 4.78 is 17.2. The Balaban J connectivity index is 1.71. The molecular formula is C18H23ClN4O4. The van der Waals surface area contributed by atoms with Crippen molar-refractivity contribution in [3.63, 3.8) is 0 Å². The SMILES string of the molecule is C[C@@H](Oc1nc(Cl)cc2nccnc12)C1CN(C(=O)OC(C)(C)C)CCO1. The van der Waals surface area contributed by atoms with E-state index in [1.54, 1.807) is 23.4 Å². The van der Waals surface area contributed by atoms with Crippen molar-refractivity contribution in [1.82, 2.24) is 19.9 Å². The summed E-state index contributed by atoms with van der Waals surface area (Å²) in [6.45, 7) is 8.61. The van der Waals surface area contributed by atoms with E-state index in [4.69, 9.17) is 25.8 Å². The molecule has 1 unspecified atom stereocenters. The standard InChI is InChI=1S/C18H23ClN4O4/c1-11(13-10-23(7-8-25-13)17(24)27-18(2,3)4)26-16-15-12(9-14(19)22-16)20-5-6-21-15/h5-6,9,11,13H,7-8,10H2,1-4H3/t11-,13?/m1/s1. The van der Waals surface area contributed by atoms with Gasteiger partial charge in [-0.1, -0.05) is 11.6 Å². The number of carbonyl (C=O) groups is 1. The molecule has 2 aromatic rings. The zero-order chi connectivity index (χ0) is 19.6. The number of hydrogen-bond acceptors (Lipinski definition) is 7. The van der Waals surface area contributed by atoms with Crippen LogP contribution in [-0.4, -0.2) is 63.5 Å². The van der Waals surface area contributed by atoms with Crippen LogP contribution >= 0.6 is 11.6 Å². The highest BCUT2D eigenvalue weighted by Crippen LogP contribution is 2.25. The maximum absolute atomic E-state index is 12.3. The van der Waals surface area contributed by atoms with Gasteiger partial charge in [-0.3, -0.25) is 4.98 Å². The maximum Gasteiger partial charge on any atom is 0.410 e. The molecule has 27 heavy (non-hydrogen) atoms. The van der Waals surface area contributed by atoms with E-state index in [1.165, 1.54) is 0 Å². The molecule has 1 aliphatic heterocycles. The van der Waals surface area contributed by atoms with E-state index in [0.717, 1.165) is 0 Å². The number of hydrogen-bond donors (Lipinski definition) is 0. The van der Waals surface area contributed by atoms with Crippen LogP contribution in [0.15, 0.2) is 18.5 Å². The largest absolute Gasteiger partial charge is 0.470 e. The first-order valence-electron chi connectivity index (χ1n) is 8.76. The van der Waals surface area contributed by atoms with E-state index in [-0.39, 0.29) is 29.3 Å². The van der Waals surface area contributed by atoms with E-state index < -0.39 is 5.60 Å². The van der Waals surface area contributed by atoms with Crippen LogP contribution in [0.4, 0.5) is 4.79 Å². The molecule has 8 nitrogen and oxygen atoms in total. The topological polar surface area (TPSA) is 86.7 Å². The third-order valence-corrected chi connectivity index (χ3v) is 4.15. The van der Waals surface area contributed by atoms with Gasteiger partial charge in [0.15, 0.2) is 5.52 Å². The number of aromatic nitrogens is 3. The summed E-state index contributed by atoms with van der Waals surface area (Å²) in [6, 6.07) is 1.63. The summed E-state index contributed by atoms with van der Waals surface area (Å²) in [7, 11) is 0. The number of nitrogens with zero attached hydrogens (tertiary/aromatic N) is 4. The summed E-state index contributed by atoms with van der Waals surface area (Å²) in [5.41, 5.74) is 0.572. The molecule has 3 rings (SSSR count). The molecule has 0 bridgehead atoms. The number of pyridine rings is 1. The number of carbonyl (C=O) groups excluding carboxylic acids is 1. The van der Waals surface area contributed by atoms with Crippen molar-refractivity contribution in [2.24, 2.45) is 0 Å². The highest BCUT2D eigenvalue weighted by Gasteiger charge is 2.32. The lowest BCUT2D eigenvalue weighted by Crippen LogP contribution is -2.51. The predicted octanol–water partition coefficient (Wildman–Crippen LogP) is 3.08. The van der Waals surface area contributed by atoms with Gasteiger partial charge in [0.2, 0.25) is 5.88 Å². The summed E-state index contributed by atoms with van der Waals surface area (Å²) >= 11 is 6.06. The van der Waals surface area contributed by atoms with Gasteiger partial charge < -0.3 is 19.1 Å². The highest BCUT2D eigenvalue weighted by atomic mass is 35.5. The fourth-order valence-electron chi connectivity index (χ4n) is 2.70. The zero-order valence-corrected chi connectivity index (χ0v) is 16.6. The molecule has 146 valence electrons. The van der Waals surface area contributed by atoms with Gasteiger partial charge in [-0.25, -0.2) is 9.78 Å². The van der Waals surface area contributed by atoms with E-state index in [1.807, 2.05) is 27.7 Å². The Labute approximate surface area is 162 Å². The molecule has 1 fully saturated rings. The van der Waals surface area contributed by atoms with Crippen LogP contribution in [0.2, 0.25) is 5.15 Å². The van der Waals surface area contributed by atoms with E-state index >= 15 is 0 Å². The number of fused-ring (bicyclic) bond motifs is 1. The third-order valence-electron chi connectivity index (χ3n) is 3.96. The van der Waals surface area contributed by atoms with E-state index in [2.05, 4.69) is 15.0 Å². The van der Waals surface area contributed by atoms with Crippen LogP contribution in [0.5, 0.6) is 5.88 Å². The number of ether oxygens (including phenoxy) is 3. The fourth-order valence-corrected chi connectivity index (χ4v) is 2.88. The first-order valence-corrected chi connectivity index (χ1v) is 9.14. The van der Waals surface area contributed by atoms with Crippen molar-refractivity contribution in [2.45, 2.75) is 45.5 Å². The van der Waals surface area contributed by atoms with Crippen molar-refractivity contribution >= 4 is 28.7 Å². The number of rotatable bonds is 3. The van der Waals surface area contributed by atoms with Gasteiger partial charge >= 0.3 is 6.09 Å². The molecule has 2 aromatic heterocycles. The summed E-state index contributed by atoms with van der Waals surface area (Å²) in [4.78, 5) is 26.7. The normalized spacial score (nSPS) is 19.0. The number of morpholine rings is 1. The van der Waals surface area contributed by atoms with Gasteiger partial charge in [0.1, 0.15) is 23.0 Å². The lowest BCUT2D eigenvalue weighted by Gasteiger charge is -2.36. The average molecular weight is 395 g/mol. The minimum atomic E-state index is -0.546. The van der Waals surface area contributed by atoms with Crippen molar-refractivity contribution in [2.75, 3.05) is 19.7 Å². The quantitative estimate of drug-likeness (QED) is 0.739. The lowest BCUT2D eigenvalue weighted by molar-refractivity contribution is -0.0782. The Bertz CT molecular complexity index is 827. The van der Waals surface area contributed by atoms with Gasteiger partial charge in [0, 0.05) is 25.0 Å². The Morgan fingerprint density at radius 2 is 2.11 bits per heavy atom. The van der Waals surface area contributed by atoms with Gasteiger partial charge in [-0.15, -0.1) is 0 Å². The Hall–Kier alpha value is -2.19. The van der Waals surface area contributed by atoms with Gasteiger partial charge in [-0.2, -0.15) is 4.98 Å². The summed E-state index contributed by atoms with van der Waals surface area (Å²) in [5.74, 6) is 0.288. The lowest BCUT2D eigenvalue weighted by atomic mass is 10.2. The fraction of sp³-hybridized carbons (Fsp3) is 0.556. The molecule has 9 heteroatoms. The second kappa shape index (κ2) is 7.82. The third kappa shape index (κ3) is 4.95. The molecule has 1 saturated heterocycles. The van der Waals surface area contributed by atoms with Gasteiger partial charge in [0.05, 0.1) is 18.7 Å². The van der Waals surface area contributed by atoms with Crippen LogP contribution in [0, 0.1) is 0 Å². The molecule has 0 spiro atoms. The molecular weight excluding hydrogens is 372 g/mol. The summed E-state index contributed by atoms with van der Waals surface area (Å²) in [6.07, 6.45) is 2.07. The first kappa shape index (κ1) is 19.6. The minimum Gasteiger partial charge on any atom is -0.470 e. The molecule has 0 radical (unpaired) electrons. The minimum absolute atomic E-state index is 0.269. The molecule has 0 aromatic carbocycles. The molecule has 2 atom stereocenters. The Morgan fingerprint density at radius 3 is 2.85 bits per heavy atom. The van der Waals surface area contributed by atoms with Gasteiger partial charge in [0.25, 0.3) is 0 Å². The van der Waals surface area contributed by atoms with Crippen LogP contribution in [-0.2, 0) is 9.47 Å². The monoisotopic (exact) mass is 394 g/mol. The molecule has 1 amide bonds. The van der Waals surface area contributed by atoms with Gasteiger partial charge in [-0.05, 0) is 27.7 Å². The Morgan fingerprint density at radius 1 is 1.37 bits per heavy atom. The molecule has 0 aliphatic carbocycles. The van der Waals surface area contributed by atoms with Crippen LogP contribution in [0.1, 0.15) is 27.7 Å². The van der Waals surface area contributed by atoms with E-state index in [9.17, 15) is 4.79 Å². The van der Waals surface area contributed by atoms with Crippen LogP contribution in [0.25, 0.3) is 11.0 Å². The second-order valence-corrected chi connectivity index (χ2v) is 7.72. The highest BCUT2D eigenvalue weighted by molar-refractivity contribution is 6.30.